The summed E-state index contributed by atoms with van der Waals surface area (Å²) in [6.07, 6.45) is 1.52. The second-order valence-electron chi connectivity index (χ2n) is 9.64. The van der Waals surface area contributed by atoms with Crippen molar-refractivity contribution in [2.75, 3.05) is 10.8 Å². The third-order valence-corrected chi connectivity index (χ3v) is 9.15. The Morgan fingerprint density at radius 3 is 2.33 bits per heavy atom. The van der Waals surface area contributed by atoms with E-state index < -0.39 is 22.5 Å². The van der Waals surface area contributed by atoms with E-state index in [4.69, 9.17) is 23.2 Å². The lowest BCUT2D eigenvalue weighted by atomic mass is 10.1. The number of carbonyl (C=O) groups excluding carboxylic acids is 1. The fourth-order valence-electron chi connectivity index (χ4n) is 4.42. The number of nitrogens with zero attached hydrogens (tertiary/aromatic N) is 3. The van der Waals surface area contributed by atoms with Crippen LogP contribution in [0.3, 0.4) is 0 Å². The van der Waals surface area contributed by atoms with E-state index in [1.54, 1.807) is 36.4 Å². The summed E-state index contributed by atoms with van der Waals surface area (Å²) in [7, 11) is -4.04. The van der Waals surface area contributed by atoms with Crippen molar-refractivity contribution >= 4 is 51.0 Å². The van der Waals surface area contributed by atoms with Gasteiger partial charge in [-0.3, -0.25) is 9.10 Å². The molecule has 1 aromatic heterocycles. The van der Waals surface area contributed by atoms with Gasteiger partial charge < -0.3 is 4.57 Å². The molecule has 0 bridgehead atoms. The van der Waals surface area contributed by atoms with E-state index >= 15 is 0 Å². The maximum atomic E-state index is 13.7. The van der Waals surface area contributed by atoms with E-state index in [0.29, 0.717) is 15.7 Å². The number of aryl methyl sites for hydroxylation is 4. The molecule has 0 spiro atoms. The number of anilines is 1. The molecule has 0 atom stereocenters. The molecule has 1 N–H and O–H groups in total. The van der Waals surface area contributed by atoms with Crippen LogP contribution in [0.2, 0.25) is 10.0 Å². The number of amides is 1. The Bertz CT molecular complexity index is 1710. The lowest BCUT2D eigenvalue weighted by Gasteiger charge is -2.25. The van der Waals surface area contributed by atoms with Crippen molar-refractivity contribution < 1.29 is 13.2 Å². The summed E-state index contributed by atoms with van der Waals surface area (Å²) in [5.41, 5.74) is 8.69. The van der Waals surface area contributed by atoms with Gasteiger partial charge >= 0.3 is 0 Å². The minimum Gasteiger partial charge on any atom is -0.316 e. The normalized spacial score (nSPS) is 11.7. The molecule has 10 heteroatoms. The van der Waals surface area contributed by atoms with Crippen LogP contribution in [-0.2, 0) is 14.8 Å². The average molecular weight is 598 g/mol. The lowest BCUT2D eigenvalue weighted by molar-refractivity contribution is -0.119. The Hall–Kier alpha value is -3.59. The highest BCUT2D eigenvalue weighted by Gasteiger charge is 2.28. The third kappa shape index (κ3) is 6.09. The number of rotatable bonds is 8. The smallest absolute Gasteiger partial charge is 0.264 e. The molecule has 4 rings (SSSR count). The number of hydrogen-bond acceptors (Lipinski definition) is 4. The second kappa shape index (κ2) is 11.9. The van der Waals surface area contributed by atoms with E-state index in [-0.39, 0.29) is 4.90 Å². The highest BCUT2D eigenvalue weighted by atomic mass is 35.5. The minimum atomic E-state index is -4.04. The van der Waals surface area contributed by atoms with Crippen molar-refractivity contribution in [2.45, 2.75) is 39.5 Å². The number of carbonyl (C=O) groups is 1. The van der Waals surface area contributed by atoms with E-state index in [0.717, 1.165) is 43.6 Å². The molecule has 0 saturated carbocycles. The zero-order valence-corrected chi connectivity index (χ0v) is 25.2. The first-order chi connectivity index (χ1) is 18.9. The Labute approximate surface area is 245 Å². The summed E-state index contributed by atoms with van der Waals surface area (Å²) in [6.45, 7) is 8.95. The molecule has 1 amide bonds. The largest absolute Gasteiger partial charge is 0.316 e. The Morgan fingerprint density at radius 2 is 1.62 bits per heavy atom. The highest BCUT2D eigenvalue weighted by molar-refractivity contribution is 7.92. The molecular weight excluding hydrogens is 567 g/mol. The predicted molar refractivity (Wildman–Crippen MR) is 163 cm³/mol. The molecule has 0 unspecified atom stereocenters. The van der Waals surface area contributed by atoms with Gasteiger partial charge in [-0.2, -0.15) is 5.10 Å². The summed E-state index contributed by atoms with van der Waals surface area (Å²) in [4.78, 5) is 13.1. The number of nitrogens with one attached hydrogen (secondary N) is 1. The molecule has 0 radical (unpaired) electrons. The molecule has 0 aliphatic heterocycles. The third-order valence-electron chi connectivity index (χ3n) is 6.56. The highest BCUT2D eigenvalue weighted by Crippen LogP contribution is 2.31. The summed E-state index contributed by atoms with van der Waals surface area (Å²) in [6, 6.07) is 19.3. The molecule has 0 aliphatic carbocycles. The monoisotopic (exact) mass is 596 g/mol. The number of hydrazone groups is 1. The van der Waals surface area contributed by atoms with Crippen molar-refractivity contribution in [3.63, 3.8) is 0 Å². The van der Waals surface area contributed by atoms with Crippen molar-refractivity contribution in [3.05, 3.63) is 110 Å². The maximum absolute atomic E-state index is 13.7. The number of aromatic nitrogens is 1. The van der Waals surface area contributed by atoms with Crippen LogP contribution in [0.25, 0.3) is 5.69 Å². The summed E-state index contributed by atoms with van der Waals surface area (Å²) >= 11 is 12.6. The predicted octanol–water partition coefficient (Wildman–Crippen LogP) is 6.67. The number of sulfonamides is 1. The molecule has 0 aliphatic rings. The minimum absolute atomic E-state index is 0.0995. The molecule has 7 nitrogen and oxygen atoms in total. The zero-order valence-electron chi connectivity index (χ0n) is 22.9. The Kier molecular flexibility index (Phi) is 8.73. The van der Waals surface area contributed by atoms with Gasteiger partial charge in [0.05, 0.1) is 32.5 Å². The van der Waals surface area contributed by atoms with Gasteiger partial charge in [0.1, 0.15) is 6.54 Å². The molecule has 0 fully saturated rings. The summed E-state index contributed by atoms with van der Waals surface area (Å²) < 4.78 is 30.5. The fraction of sp³-hybridized carbons (Fsp3) is 0.200. The lowest BCUT2D eigenvalue weighted by Crippen LogP contribution is -2.40. The van der Waals surface area contributed by atoms with Gasteiger partial charge in [0, 0.05) is 17.0 Å². The van der Waals surface area contributed by atoms with Crippen molar-refractivity contribution in [2.24, 2.45) is 5.10 Å². The number of benzene rings is 3. The fourth-order valence-corrected chi connectivity index (χ4v) is 6.28. The van der Waals surface area contributed by atoms with Gasteiger partial charge in [0.2, 0.25) is 0 Å². The average Bonchev–Trinajstić information content (AvgIpc) is 3.18. The van der Waals surface area contributed by atoms with Gasteiger partial charge in [-0.25, -0.2) is 13.8 Å². The molecule has 40 heavy (non-hydrogen) atoms. The number of hydrogen-bond donors (Lipinski definition) is 1. The number of halogens is 2. The molecule has 0 saturated heterocycles. The van der Waals surface area contributed by atoms with Crippen LogP contribution in [0.1, 0.15) is 33.6 Å². The van der Waals surface area contributed by atoms with Gasteiger partial charge in [0.15, 0.2) is 0 Å². The zero-order chi connectivity index (χ0) is 29.2. The topological polar surface area (TPSA) is 83.8 Å². The van der Waals surface area contributed by atoms with Gasteiger partial charge in [-0.1, -0.05) is 59.1 Å². The molecule has 1 heterocycles. The van der Waals surface area contributed by atoms with Crippen LogP contribution in [0.15, 0.2) is 76.7 Å². The second-order valence-corrected chi connectivity index (χ2v) is 12.3. The van der Waals surface area contributed by atoms with Gasteiger partial charge in [0.25, 0.3) is 15.9 Å². The van der Waals surface area contributed by atoms with E-state index in [1.807, 2.05) is 69.5 Å². The Balaban J connectivity index is 1.60. The van der Waals surface area contributed by atoms with Crippen LogP contribution in [0.5, 0.6) is 0 Å². The molecule has 208 valence electrons. The van der Waals surface area contributed by atoms with Crippen LogP contribution < -0.4 is 9.73 Å². The maximum Gasteiger partial charge on any atom is 0.264 e. The van der Waals surface area contributed by atoms with Crippen LogP contribution in [0.4, 0.5) is 5.69 Å². The SMILES string of the molecule is Cc1ccc(S(=O)(=O)N(CC(=O)N/N=C/c2cc(C)n(-c3cccc(Cl)c3Cl)c2C)c2cc(C)ccc2C)cc1. The Morgan fingerprint density at radius 1 is 0.950 bits per heavy atom. The van der Waals surface area contributed by atoms with Crippen molar-refractivity contribution in [1.82, 2.24) is 9.99 Å². The van der Waals surface area contributed by atoms with Crippen LogP contribution in [-0.4, -0.2) is 31.7 Å². The first-order valence-electron chi connectivity index (χ1n) is 12.5. The van der Waals surface area contributed by atoms with Gasteiger partial charge in [-0.15, -0.1) is 0 Å². The van der Waals surface area contributed by atoms with Crippen molar-refractivity contribution in [3.8, 4) is 5.69 Å². The van der Waals surface area contributed by atoms with Crippen LogP contribution >= 0.6 is 23.2 Å². The van der Waals surface area contributed by atoms with Gasteiger partial charge in [-0.05, 0) is 82.1 Å². The standard InChI is InChI=1S/C30H30Cl2N4O3S/c1-19-10-13-25(14-11-19)40(38,39)35(28-15-20(2)9-12-21(28)3)18-29(37)34-33-17-24-16-22(4)36(23(24)5)27-8-6-7-26(31)30(27)32/h6-17H,18H2,1-5H3,(H,34,37)/b33-17+. The van der Waals surface area contributed by atoms with Crippen molar-refractivity contribution in [1.29, 1.82) is 0 Å². The quantitative estimate of drug-likeness (QED) is 0.182. The van der Waals surface area contributed by atoms with E-state index in [2.05, 4.69) is 10.5 Å². The van der Waals surface area contributed by atoms with E-state index in [1.165, 1.54) is 6.21 Å². The molecule has 4 aromatic rings. The summed E-state index contributed by atoms with van der Waals surface area (Å²) in [5, 5.41) is 5.01. The first kappa shape index (κ1) is 29.4. The van der Waals surface area contributed by atoms with Crippen LogP contribution in [0, 0.1) is 34.6 Å². The molecule has 3 aromatic carbocycles. The summed E-state index contributed by atoms with van der Waals surface area (Å²) in [5.74, 6) is -0.584. The first-order valence-corrected chi connectivity index (χ1v) is 14.7. The molecular formula is C30H30Cl2N4O3S. The van der Waals surface area contributed by atoms with E-state index in [9.17, 15) is 13.2 Å².